The van der Waals surface area contributed by atoms with Crippen LogP contribution in [0.5, 0.6) is 0 Å². The van der Waals surface area contributed by atoms with Crippen LogP contribution in [0.4, 0.5) is 10.1 Å². The minimum absolute atomic E-state index is 0.0434. The molecule has 0 spiro atoms. The predicted molar refractivity (Wildman–Crippen MR) is 86.7 cm³/mol. The highest BCUT2D eigenvalue weighted by atomic mass is 19.1. The monoisotopic (exact) mass is 309 g/mol. The molecule has 0 aliphatic heterocycles. The fourth-order valence-corrected chi connectivity index (χ4v) is 1.93. The molecule has 1 amide bonds. The fourth-order valence-electron chi connectivity index (χ4n) is 1.93. The molecule has 0 aromatic heterocycles. The molecule has 1 atom stereocenters. The maximum absolute atomic E-state index is 12.8. The maximum Gasteiger partial charge on any atom is 0.267 e. The average molecular weight is 309 g/mol. The molecule has 0 saturated heterocycles. The lowest BCUT2D eigenvalue weighted by atomic mass is 10.1. The van der Waals surface area contributed by atoms with Crippen molar-refractivity contribution in [2.45, 2.75) is 13.0 Å². The molecular formula is C18H16FN3O. The summed E-state index contributed by atoms with van der Waals surface area (Å²) in [6.07, 6.45) is 1.39. The molecule has 4 nitrogen and oxygen atoms in total. The third-order valence-corrected chi connectivity index (χ3v) is 3.24. The summed E-state index contributed by atoms with van der Waals surface area (Å²) in [4.78, 5) is 12.0. The van der Waals surface area contributed by atoms with Crippen LogP contribution >= 0.6 is 0 Å². The summed E-state index contributed by atoms with van der Waals surface area (Å²) < 4.78 is 12.8. The van der Waals surface area contributed by atoms with Gasteiger partial charge in [0.15, 0.2) is 0 Å². The van der Waals surface area contributed by atoms with E-state index in [4.69, 9.17) is 5.26 Å². The van der Waals surface area contributed by atoms with Crippen LogP contribution in [-0.2, 0) is 4.79 Å². The van der Waals surface area contributed by atoms with Crippen LogP contribution in [0.2, 0.25) is 0 Å². The molecule has 0 fully saturated rings. The number of carbonyl (C=O) groups is 1. The van der Waals surface area contributed by atoms with Crippen molar-refractivity contribution in [1.82, 2.24) is 5.32 Å². The molecule has 1 unspecified atom stereocenters. The van der Waals surface area contributed by atoms with Crippen LogP contribution in [0, 0.1) is 17.1 Å². The number of nitriles is 1. The number of amides is 1. The molecule has 2 aromatic rings. The lowest BCUT2D eigenvalue weighted by Crippen LogP contribution is -2.18. The maximum atomic E-state index is 12.8. The quantitative estimate of drug-likeness (QED) is 0.656. The minimum atomic E-state index is -0.549. The van der Waals surface area contributed by atoms with Crippen LogP contribution < -0.4 is 10.6 Å². The number of nitrogens with one attached hydrogen (secondary N) is 2. The zero-order valence-corrected chi connectivity index (χ0v) is 12.6. The normalized spacial score (nSPS) is 12.1. The molecule has 5 heteroatoms. The van der Waals surface area contributed by atoms with Crippen molar-refractivity contribution >= 4 is 11.6 Å². The van der Waals surface area contributed by atoms with Gasteiger partial charge in [0.1, 0.15) is 17.5 Å². The van der Waals surface area contributed by atoms with Gasteiger partial charge in [-0.1, -0.05) is 30.3 Å². The van der Waals surface area contributed by atoms with Crippen LogP contribution in [-0.4, -0.2) is 5.91 Å². The van der Waals surface area contributed by atoms with Gasteiger partial charge in [0.05, 0.1) is 0 Å². The third-order valence-electron chi connectivity index (χ3n) is 3.24. The largest absolute Gasteiger partial charge is 0.383 e. The number of hydrogen-bond acceptors (Lipinski definition) is 3. The highest BCUT2D eigenvalue weighted by Gasteiger charge is 2.10. The van der Waals surface area contributed by atoms with Crippen molar-refractivity contribution < 1.29 is 9.18 Å². The Morgan fingerprint density at radius 2 is 1.83 bits per heavy atom. The lowest BCUT2D eigenvalue weighted by molar-refractivity contribution is -0.112. The van der Waals surface area contributed by atoms with Gasteiger partial charge in [-0.25, -0.2) is 4.39 Å². The van der Waals surface area contributed by atoms with E-state index in [1.54, 1.807) is 0 Å². The number of carbonyl (C=O) groups excluding carboxylic acids is 1. The van der Waals surface area contributed by atoms with Gasteiger partial charge < -0.3 is 10.6 Å². The number of anilines is 1. The molecule has 0 bridgehead atoms. The van der Waals surface area contributed by atoms with Gasteiger partial charge in [-0.3, -0.25) is 4.79 Å². The van der Waals surface area contributed by atoms with E-state index >= 15 is 0 Å². The van der Waals surface area contributed by atoms with E-state index in [9.17, 15) is 9.18 Å². The van der Waals surface area contributed by atoms with Crippen molar-refractivity contribution in [3.8, 4) is 6.07 Å². The molecule has 23 heavy (non-hydrogen) atoms. The zero-order chi connectivity index (χ0) is 16.7. The summed E-state index contributed by atoms with van der Waals surface area (Å²) in [7, 11) is 0. The summed E-state index contributed by atoms with van der Waals surface area (Å²) in [6, 6.07) is 16.8. The molecule has 0 radical (unpaired) electrons. The lowest BCUT2D eigenvalue weighted by Gasteiger charge is -2.12. The van der Waals surface area contributed by atoms with Gasteiger partial charge in [0, 0.05) is 17.9 Å². The van der Waals surface area contributed by atoms with Crippen molar-refractivity contribution in [2.24, 2.45) is 0 Å². The van der Waals surface area contributed by atoms with Crippen molar-refractivity contribution in [2.75, 3.05) is 5.32 Å². The summed E-state index contributed by atoms with van der Waals surface area (Å²) in [5.41, 5.74) is 1.41. The molecule has 2 rings (SSSR count). The SMILES string of the molecule is CC(N/C=C(/C#N)C(=O)Nc1ccc(F)cc1)c1ccccc1. The Morgan fingerprint density at radius 3 is 2.43 bits per heavy atom. The fraction of sp³-hybridized carbons (Fsp3) is 0.111. The minimum Gasteiger partial charge on any atom is -0.383 e. The van der Waals surface area contributed by atoms with E-state index in [0.717, 1.165) is 5.56 Å². The highest BCUT2D eigenvalue weighted by molar-refractivity contribution is 6.06. The third kappa shape index (κ3) is 4.68. The van der Waals surface area contributed by atoms with Gasteiger partial charge in [-0.15, -0.1) is 0 Å². The molecule has 0 saturated carbocycles. The zero-order valence-electron chi connectivity index (χ0n) is 12.6. The van der Waals surface area contributed by atoms with Crippen LogP contribution in [0.25, 0.3) is 0 Å². The molecular weight excluding hydrogens is 293 g/mol. The van der Waals surface area contributed by atoms with E-state index in [1.807, 2.05) is 43.3 Å². The van der Waals surface area contributed by atoms with Gasteiger partial charge in [0.2, 0.25) is 0 Å². The Bertz CT molecular complexity index is 733. The topological polar surface area (TPSA) is 64.9 Å². The van der Waals surface area contributed by atoms with E-state index < -0.39 is 11.7 Å². The van der Waals surface area contributed by atoms with E-state index in [-0.39, 0.29) is 11.6 Å². The number of rotatable bonds is 5. The van der Waals surface area contributed by atoms with Crippen LogP contribution in [0.1, 0.15) is 18.5 Å². The Kier molecular flexibility index (Phi) is 5.48. The van der Waals surface area contributed by atoms with Gasteiger partial charge in [0.25, 0.3) is 5.91 Å². The first-order valence-electron chi connectivity index (χ1n) is 7.08. The predicted octanol–water partition coefficient (Wildman–Crippen LogP) is 3.52. The van der Waals surface area contributed by atoms with Gasteiger partial charge in [-0.05, 0) is 36.8 Å². The van der Waals surface area contributed by atoms with Crippen molar-refractivity contribution in [1.29, 1.82) is 5.26 Å². The highest BCUT2D eigenvalue weighted by Crippen LogP contribution is 2.12. The Hall–Kier alpha value is -3.13. The van der Waals surface area contributed by atoms with E-state index in [0.29, 0.717) is 5.69 Å². The smallest absolute Gasteiger partial charge is 0.267 e. The van der Waals surface area contributed by atoms with Gasteiger partial charge in [-0.2, -0.15) is 5.26 Å². The standard InChI is InChI=1S/C18H16FN3O/c1-13(14-5-3-2-4-6-14)21-12-15(11-20)18(23)22-17-9-7-16(19)8-10-17/h2-10,12-13,21H,1H3,(H,22,23)/b15-12-. The Morgan fingerprint density at radius 1 is 1.17 bits per heavy atom. The number of benzene rings is 2. The first-order chi connectivity index (χ1) is 11.1. The summed E-state index contributed by atoms with van der Waals surface area (Å²) in [6.45, 7) is 1.93. The molecule has 0 aliphatic rings. The first kappa shape index (κ1) is 16.2. The second-order valence-electron chi connectivity index (χ2n) is 4.93. The van der Waals surface area contributed by atoms with Crippen LogP contribution in [0.3, 0.4) is 0 Å². The van der Waals surface area contributed by atoms with Gasteiger partial charge >= 0.3 is 0 Å². The summed E-state index contributed by atoms with van der Waals surface area (Å²) in [5, 5.41) is 14.7. The second kappa shape index (κ2) is 7.76. The second-order valence-corrected chi connectivity index (χ2v) is 4.93. The summed E-state index contributed by atoms with van der Waals surface area (Å²) in [5.74, 6) is -0.940. The number of nitrogens with zero attached hydrogens (tertiary/aromatic N) is 1. The Balaban J connectivity index is 2.02. The molecule has 0 heterocycles. The van der Waals surface area contributed by atoms with Crippen LogP contribution in [0.15, 0.2) is 66.4 Å². The summed E-state index contributed by atoms with van der Waals surface area (Å²) >= 11 is 0. The number of halogens is 1. The Labute approximate surface area is 134 Å². The molecule has 116 valence electrons. The van der Waals surface area contributed by atoms with Crippen molar-refractivity contribution in [3.63, 3.8) is 0 Å². The number of hydrogen-bond donors (Lipinski definition) is 2. The molecule has 2 aromatic carbocycles. The van der Waals surface area contributed by atoms with Crippen molar-refractivity contribution in [3.05, 3.63) is 77.8 Å². The first-order valence-corrected chi connectivity index (χ1v) is 7.08. The average Bonchev–Trinajstić information content (AvgIpc) is 2.58. The molecule has 0 aliphatic carbocycles. The van der Waals surface area contributed by atoms with E-state index in [1.165, 1.54) is 30.5 Å². The van der Waals surface area contributed by atoms with E-state index in [2.05, 4.69) is 10.6 Å². The molecule has 2 N–H and O–H groups in total.